The summed E-state index contributed by atoms with van der Waals surface area (Å²) in [6.45, 7) is 24.9. The number of Topliss-reactive ketones (excluding diaryl/α,β-unsaturated/α-hetero) is 1. The number of allylic oxidation sites excluding steroid dienone is 1. The van der Waals surface area contributed by atoms with Crippen LogP contribution in [-0.2, 0) is 17.6 Å². The molecule has 0 aliphatic heterocycles. The van der Waals surface area contributed by atoms with Crippen LogP contribution in [0.15, 0.2) is 77.7 Å². The van der Waals surface area contributed by atoms with Crippen LogP contribution in [0.5, 0.6) is 0 Å². The smallest absolute Gasteiger partial charge is 0.139 e. The van der Waals surface area contributed by atoms with Crippen LogP contribution in [0.4, 0.5) is 0 Å². The van der Waals surface area contributed by atoms with E-state index in [1.807, 2.05) is 46.0 Å². The van der Waals surface area contributed by atoms with Gasteiger partial charge in [0, 0.05) is 23.3 Å². The fourth-order valence-corrected chi connectivity index (χ4v) is 4.55. The van der Waals surface area contributed by atoms with Crippen molar-refractivity contribution in [3.63, 3.8) is 0 Å². The van der Waals surface area contributed by atoms with Gasteiger partial charge < -0.3 is 5.32 Å². The lowest BCUT2D eigenvalue weighted by molar-refractivity contribution is -0.130. The zero-order chi connectivity index (χ0) is 30.3. The van der Waals surface area contributed by atoms with Gasteiger partial charge in [0.15, 0.2) is 0 Å². The Bertz CT molecular complexity index is 919. The first-order valence-corrected chi connectivity index (χ1v) is 15.1. The van der Waals surface area contributed by atoms with Gasteiger partial charge in [-0.15, -0.1) is 19.2 Å². The average Bonchev–Trinajstić information content (AvgIpc) is 2.88. The lowest BCUT2D eigenvalue weighted by Crippen LogP contribution is -2.30. The van der Waals surface area contributed by atoms with Gasteiger partial charge in [0.05, 0.1) is 0 Å². The highest BCUT2D eigenvalue weighted by Crippen LogP contribution is 2.36. The van der Waals surface area contributed by atoms with Crippen molar-refractivity contribution in [1.82, 2.24) is 5.32 Å². The van der Waals surface area contributed by atoms with Gasteiger partial charge in [0.1, 0.15) is 5.78 Å². The van der Waals surface area contributed by atoms with Gasteiger partial charge in [-0.25, -0.2) is 0 Å². The van der Waals surface area contributed by atoms with Crippen LogP contribution < -0.4 is 5.32 Å². The maximum absolute atomic E-state index is 12.7. The van der Waals surface area contributed by atoms with Crippen LogP contribution in [0.1, 0.15) is 104 Å². The van der Waals surface area contributed by atoms with Crippen molar-refractivity contribution in [3.8, 4) is 0 Å². The van der Waals surface area contributed by atoms with E-state index in [0.717, 1.165) is 56.4 Å². The minimum atomic E-state index is -0.0883. The summed E-state index contributed by atoms with van der Waals surface area (Å²) in [6.07, 6.45) is 7.79. The first-order chi connectivity index (χ1) is 18.4. The number of likely N-dealkylation sites (N-methyl/N-ethyl adjacent to an activating group) is 1. The normalized spacial score (nSPS) is 10.1. The van der Waals surface area contributed by atoms with Crippen molar-refractivity contribution in [2.75, 3.05) is 13.6 Å². The fourth-order valence-electron chi connectivity index (χ4n) is 4.27. The summed E-state index contributed by atoms with van der Waals surface area (Å²) in [6, 6.07) is 16.7. The lowest BCUT2D eigenvalue weighted by Gasteiger charge is -2.31. The zero-order valence-corrected chi connectivity index (χ0v) is 27.6. The summed E-state index contributed by atoms with van der Waals surface area (Å²) in [5, 5.41) is 2.97. The third-order valence-corrected chi connectivity index (χ3v) is 6.78. The molecule has 0 atom stereocenters. The topological polar surface area (TPSA) is 29.1 Å². The Labute approximate surface area is 248 Å². The second-order valence-corrected chi connectivity index (χ2v) is 11.2. The SMILES string of the molecule is C=C(C)C.C=C(C)CNC.CCCC(CC)(CCC)C(=O)CCc1ccccc1S.CCc1ccc(C)cc1. The van der Waals surface area contributed by atoms with Crippen molar-refractivity contribution in [1.29, 1.82) is 0 Å². The van der Waals surface area contributed by atoms with Crippen LogP contribution >= 0.6 is 12.6 Å². The average molecular weight is 554 g/mol. The van der Waals surface area contributed by atoms with E-state index in [1.54, 1.807) is 0 Å². The van der Waals surface area contributed by atoms with Gasteiger partial charge in [-0.1, -0.05) is 106 Å². The third kappa shape index (κ3) is 19.6. The quantitative estimate of drug-likeness (QED) is 0.202. The van der Waals surface area contributed by atoms with Crippen molar-refractivity contribution >= 4 is 18.4 Å². The van der Waals surface area contributed by atoms with Crippen LogP contribution in [0.2, 0.25) is 0 Å². The molecule has 0 radical (unpaired) electrons. The van der Waals surface area contributed by atoms with Crippen LogP contribution in [0.25, 0.3) is 0 Å². The van der Waals surface area contributed by atoms with E-state index in [1.165, 1.54) is 27.8 Å². The second kappa shape index (κ2) is 23.8. The van der Waals surface area contributed by atoms with Gasteiger partial charge >= 0.3 is 0 Å². The molecule has 0 aliphatic rings. The van der Waals surface area contributed by atoms with E-state index >= 15 is 0 Å². The van der Waals surface area contributed by atoms with Crippen molar-refractivity contribution < 1.29 is 4.79 Å². The Morgan fingerprint density at radius 2 is 1.41 bits per heavy atom. The van der Waals surface area contributed by atoms with E-state index < -0.39 is 0 Å². The summed E-state index contributed by atoms with van der Waals surface area (Å²) < 4.78 is 0. The number of aryl methyl sites for hydroxylation is 3. The minimum absolute atomic E-state index is 0.0883. The first kappa shape index (κ1) is 39.0. The van der Waals surface area contributed by atoms with Gasteiger partial charge in [-0.3, -0.25) is 4.79 Å². The van der Waals surface area contributed by atoms with Crippen molar-refractivity contribution in [3.05, 3.63) is 89.5 Å². The molecule has 0 aromatic heterocycles. The number of benzene rings is 2. The van der Waals surface area contributed by atoms with E-state index in [4.69, 9.17) is 0 Å². The molecule has 0 bridgehead atoms. The highest BCUT2D eigenvalue weighted by molar-refractivity contribution is 7.80. The fraction of sp³-hybridized carbons (Fsp3) is 0.528. The minimum Gasteiger partial charge on any atom is -0.316 e. The molecule has 0 heterocycles. The van der Waals surface area contributed by atoms with Gasteiger partial charge in [0.25, 0.3) is 0 Å². The summed E-state index contributed by atoms with van der Waals surface area (Å²) in [7, 11) is 1.91. The molecule has 2 aromatic rings. The number of hydrogen-bond donors (Lipinski definition) is 2. The monoisotopic (exact) mass is 553 g/mol. The highest BCUT2D eigenvalue weighted by atomic mass is 32.1. The Balaban J connectivity index is 0. The predicted molar refractivity (Wildman–Crippen MR) is 179 cm³/mol. The molecule has 0 spiro atoms. The number of carbonyl (C=O) groups excluding carboxylic acids is 1. The Morgan fingerprint density at radius 1 is 0.897 bits per heavy atom. The van der Waals surface area contributed by atoms with Crippen molar-refractivity contribution in [2.24, 2.45) is 5.41 Å². The Kier molecular flexibility index (Phi) is 23.8. The number of carbonyl (C=O) groups is 1. The maximum atomic E-state index is 12.7. The summed E-state index contributed by atoms with van der Waals surface area (Å²) in [5.41, 5.74) is 6.20. The van der Waals surface area contributed by atoms with Crippen molar-refractivity contribution in [2.45, 2.75) is 112 Å². The number of thiol groups is 1. The maximum Gasteiger partial charge on any atom is 0.139 e. The highest BCUT2D eigenvalue weighted by Gasteiger charge is 2.33. The zero-order valence-electron chi connectivity index (χ0n) is 26.8. The molecule has 3 heteroatoms. The predicted octanol–water partition coefficient (Wildman–Crippen LogP) is 10.4. The molecule has 2 rings (SSSR count). The Hall–Kier alpha value is -2.10. The number of hydrogen-bond acceptors (Lipinski definition) is 3. The largest absolute Gasteiger partial charge is 0.316 e. The third-order valence-electron chi connectivity index (χ3n) is 6.35. The van der Waals surface area contributed by atoms with Crippen LogP contribution in [0, 0.1) is 12.3 Å². The van der Waals surface area contributed by atoms with Gasteiger partial charge in [-0.05, 0) is 84.0 Å². The number of nitrogens with one attached hydrogen (secondary N) is 1. The van der Waals surface area contributed by atoms with E-state index in [2.05, 4.69) is 96.1 Å². The molecule has 2 nitrogen and oxygen atoms in total. The van der Waals surface area contributed by atoms with Gasteiger partial charge in [-0.2, -0.15) is 0 Å². The van der Waals surface area contributed by atoms with Gasteiger partial charge in [0.2, 0.25) is 0 Å². The molecule has 0 fully saturated rings. The molecule has 0 saturated heterocycles. The summed E-state index contributed by atoms with van der Waals surface area (Å²) in [5.74, 6) is 0.445. The number of rotatable bonds is 12. The summed E-state index contributed by atoms with van der Waals surface area (Å²) >= 11 is 4.47. The molecule has 0 amide bonds. The van der Waals surface area contributed by atoms with Crippen LogP contribution in [-0.4, -0.2) is 19.4 Å². The standard InChI is InChI=1S/C18H28OS.C9H12.C5H11N.C4H8/c1-4-13-18(6-3,14-5-2)17(19)12-11-15-9-7-8-10-16(15)20;1-3-9-6-4-8(2)5-7-9;1-5(2)4-6-3;1-4(2)3/h7-10,20H,4-6,11-14H2,1-3H3;4-7H,3H2,1-2H3;6H,1,4H2,2-3H3;1H2,2-3H3. The molecule has 1 N–H and O–H groups in total. The first-order valence-electron chi connectivity index (χ1n) is 14.7. The Morgan fingerprint density at radius 3 is 1.77 bits per heavy atom. The lowest BCUT2D eigenvalue weighted by atomic mass is 9.72. The molecule has 2 aromatic carbocycles. The molecule has 0 aliphatic carbocycles. The number of ketones is 1. The van der Waals surface area contributed by atoms with Crippen LogP contribution in [0.3, 0.4) is 0 Å². The summed E-state index contributed by atoms with van der Waals surface area (Å²) in [4.78, 5) is 13.7. The van der Waals surface area contributed by atoms with E-state index in [-0.39, 0.29) is 5.41 Å². The molecular formula is C36H59NOS. The van der Waals surface area contributed by atoms with E-state index in [0.29, 0.717) is 12.2 Å². The molecule has 0 unspecified atom stereocenters. The molecule has 0 saturated carbocycles. The molecule has 220 valence electrons. The van der Waals surface area contributed by atoms with E-state index in [9.17, 15) is 4.79 Å². The molecule has 39 heavy (non-hydrogen) atoms. The second-order valence-electron chi connectivity index (χ2n) is 10.7. The molecular weight excluding hydrogens is 494 g/mol.